The van der Waals surface area contributed by atoms with Gasteiger partial charge in [0.05, 0.1) is 17.0 Å². The molecule has 0 aliphatic heterocycles. The Hall–Kier alpha value is -2.39. The molecule has 5 nitrogen and oxygen atoms in total. The van der Waals surface area contributed by atoms with Crippen LogP contribution in [0.5, 0.6) is 5.75 Å². The second kappa shape index (κ2) is 8.13. The molecule has 25 heavy (non-hydrogen) atoms. The zero-order chi connectivity index (χ0) is 18.4. The van der Waals surface area contributed by atoms with Gasteiger partial charge in [-0.15, -0.1) is 0 Å². The molecule has 0 spiro atoms. The fraction of sp³-hybridized carbons (Fsp3) is 0.500. The first kappa shape index (κ1) is 18.9. The minimum atomic E-state index is 0.250. The Bertz CT molecular complexity index is 755. The number of hydrogen-bond donors (Lipinski definition) is 1. The molecule has 2 N–H and O–H groups in total. The molecule has 1 aromatic heterocycles. The van der Waals surface area contributed by atoms with Gasteiger partial charge in [-0.25, -0.2) is 0 Å². The van der Waals surface area contributed by atoms with Crippen molar-refractivity contribution < 1.29 is 14.3 Å². The number of nitrogens with zero attached hydrogens (tertiary/aromatic N) is 1. The number of nitrogens with two attached hydrogens (primary N) is 1. The van der Waals surface area contributed by atoms with Gasteiger partial charge in [0.25, 0.3) is 0 Å². The lowest BCUT2D eigenvalue weighted by Gasteiger charge is -2.34. The summed E-state index contributed by atoms with van der Waals surface area (Å²) in [6.45, 7) is 6.78. The molecule has 0 saturated heterocycles. The van der Waals surface area contributed by atoms with Crippen molar-refractivity contribution in [1.29, 1.82) is 0 Å². The molecule has 0 radical (unpaired) electrons. The number of anilines is 1. The molecule has 134 valence electrons. The van der Waals surface area contributed by atoms with Crippen LogP contribution in [0.15, 0.2) is 24.3 Å². The topological polar surface area (TPSA) is 82.3 Å². The van der Waals surface area contributed by atoms with Crippen molar-refractivity contribution in [3.63, 3.8) is 0 Å². The van der Waals surface area contributed by atoms with E-state index in [0.29, 0.717) is 11.5 Å². The van der Waals surface area contributed by atoms with E-state index in [2.05, 4.69) is 25.8 Å². The van der Waals surface area contributed by atoms with Crippen molar-refractivity contribution in [2.75, 3.05) is 5.73 Å². The minimum absolute atomic E-state index is 0.250. The highest BCUT2D eigenvalue weighted by molar-refractivity contribution is 5.95. The summed E-state index contributed by atoms with van der Waals surface area (Å²) in [4.78, 5) is 20.9. The van der Waals surface area contributed by atoms with Gasteiger partial charge in [-0.1, -0.05) is 26.8 Å². The summed E-state index contributed by atoms with van der Waals surface area (Å²) in [7, 11) is 0. The summed E-state index contributed by atoms with van der Waals surface area (Å²) in [5, 5.41) is 0.963. The van der Waals surface area contributed by atoms with Crippen LogP contribution in [0.4, 0.5) is 5.69 Å². The van der Waals surface area contributed by atoms with Gasteiger partial charge >= 0.3 is 6.15 Å². The average Bonchev–Trinajstić information content (AvgIpc) is 2.57. The summed E-state index contributed by atoms with van der Waals surface area (Å²) in [6, 6.07) is 8.02. The van der Waals surface area contributed by atoms with Crippen molar-refractivity contribution in [1.82, 2.24) is 4.98 Å². The number of rotatable bonds is 3. The zero-order valence-corrected chi connectivity index (χ0v) is 15.2. The van der Waals surface area contributed by atoms with Crippen LogP contribution in [-0.2, 0) is 16.0 Å². The lowest BCUT2D eigenvalue weighted by atomic mass is 9.76. The molecule has 0 bridgehead atoms. The Morgan fingerprint density at radius 3 is 2.52 bits per heavy atom. The van der Waals surface area contributed by atoms with Crippen LogP contribution in [0, 0.1) is 5.41 Å². The molecule has 0 atom stereocenters. The van der Waals surface area contributed by atoms with Gasteiger partial charge in [0.15, 0.2) is 0 Å². The van der Waals surface area contributed by atoms with Gasteiger partial charge < -0.3 is 10.5 Å². The Balaban J connectivity index is 0.000000701. The smallest absolute Gasteiger partial charge is 0.373 e. The number of aromatic nitrogens is 1. The number of benzene rings is 1. The molecule has 1 fully saturated rings. The molecule has 1 saturated carbocycles. The highest BCUT2D eigenvalue weighted by Gasteiger charge is 2.28. The lowest BCUT2D eigenvalue weighted by molar-refractivity contribution is -0.191. The molecule has 3 rings (SSSR count). The van der Waals surface area contributed by atoms with E-state index in [4.69, 9.17) is 20.1 Å². The van der Waals surface area contributed by atoms with E-state index in [1.165, 1.54) is 12.8 Å². The maximum absolute atomic E-state index is 8.12. The standard InChI is InChI=1S/C19H26N2O.CO2/c1-4-13-12-15(20)18-16(21-13)6-5-7-17(18)22-14-8-10-19(2,3)11-9-14;2-1-3/h5-7,12,14H,4,8-11H2,1-3H3,(H2,20,21);. The SMILES string of the molecule is CCc1cc(N)c2c(OC3CCC(C)(C)CC3)cccc2n1.O=C=O. The third-order valence-corrected chi connectivity index (χ3v) is 4.82. The number of aryl methyl sites for hydroxylation is 1. The molecular weight excluding hydrogens is 316 g/mol. The van der Waals surface area contributed by atoms with Crippen LogP contribution >= 0.6 is 0 Å². The number of fused-ring (bicyclic) bond motifs is 1. The third kappa shape index (κ3) is 4.80. The molecule has 1 aliphatic rings. The Kier molecular flexibility index (Phi) is 6.16. The summed E-state index contributed by atoms with van der Waals surface area (Å²) in [5.74, 6) is 0.884. The second-order valence-electron chi connectivity index (χ2n) is 7.27. The van der Waals surface area contributed by atoms with E-state index in [0.717, 1.165) is 47.3 Å². The normalized spacial score (nSPS) is 16.6. The van der Waals surface area contributed by atoms with Gasteiger partial charge in [0.1, 0.15) is 5.75 Å². The lowest BCUT2D eigenvalue weighted by Crippen LogP contribution is -2.28. The van der Waals surface area contributed by atoms with Crippen molar-refractivity contribution in [3.05, 3.63) is 30.0 Å². The van der Waals surface area contributed by atoms with Crippen LogP contribution in [0.3, 0.4) is 0 Å². The van der Waals surface area contributed by atoms with Crippen molar-refractivity contribution >= 4 is 22.7 Å². The predicted octanol–water partition coefficient (Wildman–Crippen LogP) is 4.14. The van der Waals surface area contributed by atoms with Crippen molar-refractivity contribution in [3.8, 4) is 5.75 Å². The highest BCUT2D eigenvalue weighted by atomic mass is 16.5. The first-order chi connectivity index (χ1) is 11.9. The predicted molar refractivity (Wildman–Crippen MR) is 97.2 cm³/mol. The summed E-state index contributed by atoms with van der Waals surface area (Å²) in [5.41, 5.74) is 9.45. The molecule has 0 unspecified atom stereocenters. The van der Waals surface area contributed by atoms with Gasteiger partial charge in [-0.2, -0.15) is 9.59 Å². The third-order valence-electron chi connectivity index (χ3n) is 4.82. The van der Waals surface area contributed by atoms with Crippen molar-refractivity contribution in [2.45, 2.75) is 59.0 Å². The maximum Gasteiger partial charge on any atom is 0.373 e. The fourth-order valence-corrected chi connectivity index (χ4v) is 3.29. The Morgan fingerprint density at radius 1 is 1.28 bits per heavy atom. The van der Waals surface area contributed by atoms with E-state index in [9.17, 15) is 0 Å². The molecule has 1 aromatic carbocycles. The number of nitrogen functional groups attached to an aromatic ring is 1. The maximum atomic E-state index is 8.12. The summed E-state index contributed by atoms with van der Waals surface area (Å²) in [6.07, 6.45) is 6.10. The molecule has 1 heterocycles. The van der Waals surface area contributed by atoms with Gasteiger partial charge in [-0.3, -0.25) is 4.98 Å². The quantitative estimate of drug-likeness (QED) is 0.906. The first-order valence-electron chi connectivity index (χ1n) is 8.74. The Morgan fingerprint density at radius 2 is 1.92 bits per heavy atom. The number of pyridine rings is 1. The highest BCUT2D eigenvalue weighted by Crippen LogP contribution is 2.38. The van der Waals surface area contributed by atoms with E-state index < -0.39 is 0 Å². The second-order valence-corrected chi connectivity index (χ2v) is 7.27. The fourth-order valence-electron chi connectivity index (χ4n) is 3.29. The Labute approximate surface area is 148 Å². The minimum Gasteiger partial charge on any atom is -0.490 e. The van der Waals surface area contributed by atoms with Gasteiger partial charge in [0.2, 0.25) is 0 Å². The summed E-state index contributed by atoms with van der Waals surface area (Å²) < 4.78 is 6.30. The van der Waals surface area contributed by atoms with E-state index in [1.807, 2.05) is 24.3 Å². The van der Waals surface area contributed by atoms with Crippen LogP contribution < -0.4 is 10.5 Å². The molecule has 1 aliphatic carbocycles. The molecule has 5 heteroatoms. The van der Waals surface area contributed by atoms with E-state index >= 15 is 0 Å². The average molecular weight is 342 g/mol. The van der Waals surface area contributed by atoms with Crippen LogP contribution in [0.1, 0.15) is 52.1 Å². The molecular formula is C20H26N2O3. The van der Waals surface area contributed by atoms with E-state index in [1.54, 1.807) is 0 Å². The zero-order valence-electron chi connectivity index (χ0n) is 15.2. The summed E-state index contributed by atoms with van der Waals surface area (Å²) >= 11 is 0. The van der Waals surface area contributed by atoms with Gasteiger partial charge in [-0.05, 0) is 55.7 Å². The number of carbonyl (C=O) groups excluding carboxylic acids is 2. The van der Waals surface area contributed by atoms with Gasteiger partial charge in [0, 0.05) is 11.4 Å². The van der Waals surface area contributed by atoms with Crippen molar-refractivity contribution in [2.24, 2.45) is 5.41 Å². The number of ether oxygens (including phenoxy) is 1. The van der Waals surface area contributed by atoms with E-state index in [-0.39, 0.29) is 6.15 Å². The largest absolute Gasteiger partial charge is 0.490 e. The van der Waals surface area contributed by atoms with Crippen LogP contribution in [0.2, 0.25) is 0 Å². The molecule has 0 amide bonds. The number of hydrogen-bond acceptors (Lipinski definition) is 5. The van der Waals surface area contributed by atoms with Crippen LogP contribution in [-0.4, -0.2) is 17.2 Å². The van der Waals surface area contributed by atoms with Crippen LogP contribution in [0.25, 0.3) is 10.9 Å². The first-order valence-corrected chi connectivity index (χ1v) is 8.74. The molecule has 2 aromatic rings. The monoisotopic (exact) mass is 342 g/mol.